The highest BCUT2D eigenvalue weighted by Gasteiger charge is 2.04. The molecule has 15 heavy (non-hydrogen) atoms. The Balaban J connectivity index is 2.48. The predicted molar refractivity (Wildman–Crippen MR) is 60.7 cm³/mol. The number of anilines is 1. The van der Waals surface area contributed by atoms with E-state index in [2.05, 4.69) is 15.6 Å². The van der Waals surface area contributed by atoms with Crippen molar-refractivity contribution in [3.05, 3.63) is 24.0 Å². The number of aromatic nitrogens is 1. The zero-order valence-electron chi connectivity index (χ0n) is 9.37. The summed E-state index contributed by atoms with van der Waals surface area (Å²) in [5.41, 5.74) is 1.79. The highest BCUT2D eigenvalue weighted by atomic mass is 16.1. The fourth-order valence-electron chi connectivity index (χ4n) is 1.09. The van der Waals surface area contributed by atoms with Crippen LogP contribution in [0.5, 0.6) is 0 Å². The van der Waals surface area contributed by atoms with Crippen LogP contribution in [-0.2, 0) is 4.79 Å². The van der Waals surface area contributed by atoms with Gasteiger partial charge in [0.05, 0.1) is 18.4 Å². The third kappa shape index (κ3) is 4.08. The summed E-state index contributed by atoms with van der Waals surface area (Å²) in [5, 5.41) is 5.85. The molecule has 0 bridgehead atoms. The van der Waals surface area contributed by atoms with Gasteiger partial charge in [0.1, 0.15) is 0 Å². The van der Waals surface area contributed by atoms with Crippen LogP contribution in [0.25, 0.3) is 0 Å². The molecule has 1 aromatic heterocycles. The third-order valence-electron chi connectivity index (χ3n) is 1.98. The van der Waals surface area contributed by atoms with Gasteiger partial charge in [0, 0.05) is 12.2 Å². The van der Waals surface area contributed by atoms with Crippen LogP contribution in [0.15, 0.2) is 18.5 Å². The largest absolute Gasteiger partial charge is 0.323 e. The van der Waals surface area contributed by atoms with E-state index in [1.807, 2.05) is 26.8 Å². The van der Waals surface area contributed by atoms with Gasteiger partial charge >= 0.3 is 0 Å². The number of amides is 1. The molecule has 82 valence electrons. The molecular formula is C11H17N3O. The molecule has 4 nitrogen and oxygen atoms in total. The quantitative estimate of drug-likeness (QED) is 0.783. The van der Waals surface area contributed by atoms with Gasteiger partial charge in [0.25, 0.3) is 0 Å². The van der Waals surface area contributed by atoms with Crippen molar-refractivity contribution in [1.82, 2.24) is 10.3 Å². The van der Waals surface area contributed by atoms with E-state index in [4.69, 9.17) is 0 Å². The molecule has 0 radical (unpaired) electrons. The van der Waals surface area contributed by atoms with Gasteiger partial charge in [0.15, 0.2) is 0 Å². The molecule has 0 aliphatic carbocycles. The van der Waals surface area contributed by atoms with Gasteiger partial charge in [0.2, 0.25) is 5.91 Å². The van der Waals surface area contributed by atoms with Gasteiger partial charge in [-0.15, -0.1) is 0 Å². The van der Waals surface area contributed by atoms with Crippen molar-refractivity contribution in [3.8, 4) is 0 Å². The van der Waals surface area contributed by atoms with E-state index in [1.54, 1.807) is 12.4 Å². The summed E-state index contributed by atoms with van der Waals surface area (Å²) in [4.78, 5) is 15.4. The number of rotatable bonds is 4. The van der Waals surface area contributed by atoms with Crippen LogP contribution in [0.4, 0.5) is 5.69 Å². The molecule has 1 rings (SSSR count). The molecule has 4 heteroatoms. The number of aryl methyl sites for hydroxylation is 1. The van der Waals surface area contributed by atoms with Crippen molar-refractivity contribution < 1.29 is 4.79 Å². The van der Waals surface area contributed by atoms with Crippen LogP contribution < -0.4 is 10.6 Å². The fraction of sp³-hybridized carbons (Fsp3) is 0.455. The second kappa shape index (κ2) is 5.46. The maximum atomic E-state index is 11.5. The first kappa shape index (κ1) is 11.7. The Morgan fingerprint density at radius 1 is 1.53 bits per heavy atom. The number of hydrogen-bond acceptors (Lipinski definition) is 3. The number of nitrogens with zero attached hydrogens (tertiary/aromatic N) is 1. The minimum absolute atomic E-state index is 0.0419. The topological polar surface area (TPSA) is 54.0 Å². The summed E-state index contributed by atoms with van der Waals surface area (Å²) >= 11 is 0. The molecule has 0 spiro atoms. The second-order valence-corrected chi connectivity index (χ2v) is 3.77. The lowest BCUT2D eigenvalue weighted by Gasteiger charge is -2.09. The molecule has 1 amide bonds. The molecular weight excluding hydrogens is 190 g/mol. The Kier molecular flexibility index (Phi) is 4.24. The predicted octanol–water partition coefficient (Wildman–Crippen LogP) is 1.33. The van der Waals surface area contributed by atoms with Crippen molar-refractivity contribution in [1.29, 1.82) is 0 Å². The average Bonchev–Trinajstić information content (AvgIpc) is 2.18. The van der Waals surface area contributed by atoms with Gasteiger partial charge in [-0.05, 0) is 18.6 Å². The van der Waals surface area contributed by atoms with E-state index < -0.39 is 0 Å². The first-order valence-electron chi connectivity index (χ1n) is 5.03. The van der Waals surface area contributed by atoms with E-state index in [1.165, 1.54) is 0 Å². The molecule has 0 atom stereocenters. The monoisotopic (exact) mass is 207 g/mol. The second-order valence-electron chi connectivity index (χ2n) is 3.77. The van der Waals surface area contributed by atoms with Crippen molar-refractivity contribution in [2.24, 2.45) is 0 Å². The molecule has 0 aliphatic rings. The SMILES string of the molecule is Cc1ccncc1NC(=O)CNC(C)C. The van der Waals surface area contributed by atoms with E-state index in [0.717, 1.165) is 11.3 Å². The van der Waals surface area contributed by atoms with Gasteiger partial charge in [-0.2, -0.15) is 0 Å². The Bertz CT molecular complexity index is 336. The van der Waals surface area contributed by atoms with E-state index >= 15 is 0 Å². The number of hydrogen-bond donors (Lipinski definition) is 2. The summed E-state index contributed by atoms with van der Waals surface area (Å²) in [7, 11) is 0. The minimum atomic E-state index is -0.0419. The standard InChI is InChI=1S/C11H17N3O/c1-8(2)13-7-11(15)14-10-6-12-5-4-9(10)3/h4-6,8,13H,7H2,1-3H3,(H,14,15). The lowest BCUT2D eigenvalue weighted by Crippen LogP contribution is -2.32. The highest BCUT2D eigenvalue weighted by molar-refractivity contribution is 5.92. The molecule has 0 aliphatic heterocycles. The first-order chi connectivity index (χ1) is 7.09. The van der Waals surface area contributed by atoms with Crippen molar-refractivity contribution in [2.75, 3.05) is 11.9 Å². The summed E-state index contributed by atoms with van der Waals surface area (Å²) in [6.45, 7) is 6.27. The van der Waals surface area contributed by atoms with Crippen LogP contribution in [0.2, 0.25) is 0 Å². The number of nitrogens with one attached hydrogen (secondary N) is 2. The van der Waals surface area contributed by atoms with Crippen LogP contribution in [0, 0.1) is 6.92 Å². The number of carbonyl (C=O) groups excluding carboxylic acids is 1. The third-order valence-corrected chi connectivity index (χ3v) is 1.98. The van der Waals surface area contributed by atoms with E-state index in [9.17, 15) is 4.79 Å². The van der Waals surface area contributed by atoms with Crippen LogP contribution in [0.1, 0.15) is 19.4 Å². The van der Waals surface area contributed by atoms with Gasteiger partial charge < -0.3 is 10.6 Å². The summed E-state index contributed by atoms with van der Waals surface area (Å²) in [6.07, 6.45) is 3.36. The summed E-state index contributed by atoms with van der Waals surface area (Å²) < 4.78 is 0. The van der Waals surface area contributed by atoms with Crippen LogP contribution >= 0.6 is 0 Å². The van der Waals surface area contributed by atoms with Crippen molar-refractivity contribution in [2.45, 2.75) is 26.8 Å². The molecule has 0 saturated heterocycles. The van der Waals surface area contributed by atoms with Crippen LogP contribution in [0.3, 0.4) is 0 Å². The highest BCUT2D eigenvalue weighted by Crippen LogP contribution is 2.10. The van der Waals surface area contributed by atoms with Gasteiger partial charge in [-0.3, -0.25) is 9.78 Å². The van der Waals surface area contributed by atoms with Crippen molar-refractivity contribution in [3.63, 3.8) is 0 Å². The summed E-state index contributed by atoms with van der Waals surface area (Å²) in [6, 6.07) is 2.18. The van der Waals surface area contributed by atoms with Crippen molar-refractivity contribution >= 4 is 11.6 Å². The number of carbonyl (C=O) groups is 1. The molecule has 2 N–H and O–H groups in total. The zero-order chi connectivity index (χ0) is 11.3. The lowest BCUT2D eigenvalue weighted by molar-refractivity contribution is -0.115. The molecule has 1 heterocycles. The molecule has 0 saturated carbocycles. The molecule has 0 aromatic carbocycles. The zero-order valence-corrected chi connectivity index (χ0v) is 9.37. The fourth-order valence-corrected chi connectivity index (χ4v) is 1.09. The maximum absolute atomic E-state index is 11.5. The normalized spacial score (nSPS) is 10.4. The molecule has 0 fully saturated rings. The van der Waals surface area contributed by atoms with Gasteiger partial charge in [-0.1, -0.05) is 13.8 Å². The van der Waals surface area contributed by atoms with E-state index in [0.29, 0.717) is 12.6 Å². The Morgan fingerprint density at radius 3 is 2.87 bits per heavy atom. The van der Waals surface area contributed by atoms with E-state index in [-0.39, 0.29) is 5.91 Å². The Hall–Kier alpha value is -1.42. The Labute approximate surface area is 90.1 Å². The smallest absolute Gasteiger partial charge is 0.238 e. The Morgan fingerprint density at radius 2 is 2.27 bits per heavy atom. The molecule has 0 unspecified atom stereocenters. The van der Waals surface area contributed by atoms with Crippen LogP contribution in [-0.4, -0.2) is 23.5 Å². The number of pyridine rings is 1. The average molecular weight is 207 g/mol. The maximum Gasteiger partial charge on any atom is 0.238 e. The lowest BCUT2D eigenvalue weighted by atomic mass is 10.2. The minimum Gasteiger partial charge on any atom is -0.323 e. The summed E-state index contributed by atoms with van der Waals surface area (Å²) in [5.74, 6) is -0.0419. The van der Waals surface area contributed by atoms with Gasteiger partial charge in [-0.25, -0.2) is 0 Å². The molecule has 1 aromatic rings. The first-order valence-corrected chi connectivity index (χ1v) is 5.03.